The van der Waals surface area contributed by atoms with E-state index in [2.05, 4.69) is 24.2 Å². The SMILES string of the molecule is CC(C1CC1)N(C)CCCC(=O)Nc1ccccc1CN. The van der Waals surface area contributed by atoms with Crippen molar-refractivity contribution < 1.29 is 4.79 Å². The Bertz CT molecular complexity index is 471. The molecular weight excluding hydrogens is 262 g/mol. The molecule has 4 heteroatoms. The first-order valence-electron chi connectivity index (χ1n) is 7.90. The Hall–Kier alpha value is -1.39. The lowest BCUT2D eigenvalue weighted by atomic mass is 10.1. The van der Waals surface area contributed by atoms with Gasteiger partial charge < -0.3 is 16.0 Å². The highest BCUT2D eigenvalue weighted by atomic mass is 16.1. The molecule has 1 aliphatic rings. The minimum absolute atomic E-state index is 0.0726. The van der Waals surface area contributed by atoms with Gasteiger partial charge >= 0.3 is 0 Å². The third kappa shape index (κ3) is 4.83. The molecule has 21 heavy (non-hydrogen) atoms. The van der Waals surface area contributed by atoms with Crippen LogP contribution in [0.2, 0.25) is 0 Å². The molecule has 0 heterocycles. The molecule has 1 amide bonds. The minimum Gasteiger partial charge on any atom is -0.326 e. The van der Waals surface area contributed by atoms with E-state index in [-0.39, 0.29) is 5.91 Å². The number of nitrogens with two attached hydrogens (primary N) is 1. The maximum atomic E-state index is 12.0. The number of hydrogen-bond donors (Lipinski definition) is 2. The van der Waals surface area contributed by atoms with E-state index in [1.54, 1.807) is 0 Å². The van der Waals surface area contributed by atoms with E-state index in [4.69, 9.17) is 5.73 Å². The Kier molecular flexibility index (Phi) is 5.76. The van der Waals surface area contributed by atoms with Gasteiger partial charge in [0.1, 0.15) is 0 Å². The summed E-state index contributed by atoms with van der Waals surface area (Å²) in [6.45, 7) is 3.71. The molecule has 116 valence electrons. The Morgan fingerprint density at radius 1 is 1.43 bits per heavy atom. The van der Waals surface area contributed by atoms with Crippen molar-refractivity contribution >= 4 is 11.6 Å². The molecule has 0 aliphatic heterocycles. The lowest BCUT2D eigenvalue weighted by molar-refractivity contribution is -0.116. The molecule has 3 N–H and O–H groups in total. The Labute approximate surface area is 127 Å². The van der Waals surface area contributed by atoms with E-state index in [0.717, 1.165) is 30.1 Å². The molecule has 2 rings (SSSR count). The summed E-state index contributed by atoms with van der Waals surface area (Å²) in [6.07, 6.45) is 4.18. The summed E-state index contributed by atoms with van der Waals surface area (Å²) in [4.78, 5) is 14.4. The largest absolute Gasteiger partial charge is 0.326 e. The number of amides is 1. The van der Waals surface area contributed by atoms with Crippen molar-refractivity contribution in [2.24, 2.45) is 11.7 Å². The smallest absolute Gasteiger partial charge is 0.224 e. The number of hydrogen-bond acceptors (Lipinski definition) is 3. The van der Waals surface area contributed by atoms with Crippen molar-refractivity contribution in [3.63, 3.8) is 0 Å². The van der Waals surface area contributed by atoms with Crippen LogP contribution in [0.5, 0.6) is 0 Å². The quantitative estimate of drug-likeness (QED) is 0.773. The molecule has 0 saturated heterocycles. The molecule has 1 fully saturated rings. The third-order valence-electron chi connectivity index (χ3n) is 4.43. The van der Waals surface area contributed by atoms with Gasteiger partial charge in [-0.15, -0.1) is 0 Å². The van der Waals surface area contributed by atoms with Crippen LogP contribution in [0.3, 0.4) is 0 Å². The zero-order chi connectivity index (χ0) is 15.2. The summed E-state index contributed by atoms with van der Waals surface area (Å²) in [5, 5.41) is 2.96. The van der Waals surface area contributed by atoms with Gasteiger partial charge in [-0.2, -0.15) is 0 Å². The maximum Gasteiger partial charge on any atom is 0.224 e. The highest BCUT2D eigenvalue weighted by molar-refractivity contribution is 5.91. The van der Waals surface area contributed by atoms with Crippen LogP contribution in [-0.2, 0) is 11.3 Å². The van der Waals surface area contributed by atoms with Gasteiger partial charge in [-0.25, -0.2) is 0 Å². The average molecular weight is 289 g/mol. The fraction of sp³-hybridized carbons (Fsp3) is 0.588. The molecule has 4 nitrogen and oxygen atoms in total. The van der Waals surface area contributed by atoms with Crippen molar-refractivity contribution in [2.45, 2.75) is 45.2 Å². The first-order valence-corrected chi connectivity index (χ1v) is 7.90. The lowest BCUT2D eigenvalue weighted by Gasteiger charge is -2.24. The monoisotopic (exact) mass is 289 g/mol. The molecule has 1 aromatic carbocycles. The van der Waals surface area contributed by atoms with Crippen LogP contribution in [0.4, 0.5) is 5.69 Å². The zero-order valence-corrected chi connectivity index (χ0v) is 13.1. The fourth-order valence-corrected chi connectivity index (χ4v) is 2.66. The predicted molar refractivity (Wildman–Crippen MR) is 87.0 cm³/mol. The van der Waals surface area contributed by atoms with Gasteiger partial charge in [0, 0.05) is 24.7 Å². The van der Waals surface area contributed by atoms with E-state index in [1.165, 1.54) is 12.8 Å². The van der Waals surface area contributed by atoms with Gasteiger partial charge in [0.2, 0.25) is 5.91 Å². The van der Waals surface area contributed by atoms with E-state index in [9.17, 15) is 4.79 Å². The first-order chi connectivity index (χ1) is 10.1. The minimum atomic E-state index is 0.0726. The van der Waals surface area contributed by atoms with Crippen LogP contribution in [0.15, 0.2) is 24.3 Å². The lowest BCUT2D eigenvalue weighted by Crippen LogP contribution is -2.32. The number of carbonyl (C=O) groups excluding carboxylic acids is 1. The summed E-state index contributed by atoms with van der Waals surface area (Å²) >= 11 is 0. The van der Waals surface area contributed by atoms with Crippen molar-refractivity contribution in [3.05, 3.63) is 29.8 Å². The van der Waals surface area contributed by atoms with Crippen LogP contribution in [-0.4, -0.2) is 30.4 Å². The Morgan fingerprint density at radius 2 is 2.14 bits per heavy atom. The zero-order valence-electron chi connectivity index (χ0n) is 13.1. The molecule has 1 saturated carbocycles. The molecule has 0 bridgehead atoms. The van der Waals surface area contributed by atoms with Crippen LogP contribution in [0.25, 0.3) is 0 Å². The highest BCUT2D eigenvalue weighted by Crippen LogP contribution is 2.34. The topological polar surface area (TPSA) is 58.4 Å². The van der Waals surface area contributed by atoms with Crippen LogP contribution >= 0.6 is 0 Å². The molecule has 1 atom stereocenters. The first kappa shape index (κ1) is 16.0. The van der Waals surface area contributed by atoms with Crippen LogP contribution in [0.1, 0.15) is 38.2 Å². The molecule has 1 aliphatic carbocycles. The number of nitrogens with zero attached hydrogens (tertiary/aromatic N) is 1. The number of para-hydroxylation sites is 1. The third-order valence-corrected chi connectivity index (χ3v) is 4.43. The number of nitrogens with one attached hydrogen (secondary N) is 1. The van der Waals surface area contributed by atoms with Crippen LogP contribution in [0, 0.1) is 5.92 Å². The Balaban J connectivity index is 1.72. The average Bonchev–Trinajstić information content (AvgIpc) is 3.31. The van der Waals surface area contributed by atoms with Crippen molar-refractivity contribution in [1.82, 2.24) is 4.90 Å². The van der Waals surface area contributed by atoms with Crippen molar-refractivity contribution in [1.29, 1.82) is 0 Å². The summed E-state index contributed by atoms with van der Waals surface area (Å²) < 4.78 is 0. The number of rotatable bonds is 8. The fourth-order valence-electron chi connectivity index (χ4n) is 2.66. The molecule has 1 aromatic rings. The van der Waals surface area contributed by atoms with E-state index in [1.807, 2.05) is 24.3 Å². The van der Waals surface area contributed by atoms with Gasteiger partial charge in [0.25, 0.3) is 0 Å². The standard InChI is InChI=1S/C17H27N3O/c1-13(14-9-10-14)20(2)11-5-8-17(21)19-16-7-4-3-6-15(16)12-18/h3-4,6-7,13-14H,5,8-12,18H2,1-2H3,(H,19,21). The predicted octanol–water partition coefficient (Wildman–Crippen LogP) is 2.59. The maximum absolute atomic E-state index is 12.0. The highest BCUT2D eigenvalue weighted by Gasteiger charge is 2.30. The summed E-state index contributed by atoms with van der Waals surface area (Å²) in [5.74, 6) is 0.948. The van der Waals surface area contributed by atoms with Gasteiger partial charge in [-0.05, 0) is 57.3 Å². The van der Waals surface area contributed by atoms with Gasteiger partial charge in [-0.1, -0.05) is 18.2 Å². The molecule has 0 aromatic heterocycles. The molecule has 1 unspecified atom stereocenters. The van der Waals surface area contributed by atoms with Gasteiger partial charge in [-0.3, -0.25) is 4.79 Å². The van der Waals surface area contributed by atoms with Crippen molar-refractivity contribution in [2.75, 3.05) is 18.9 Å². The number of benzene rings is 1. The second kappa shape index (κ2) is 7.57. The molecule has 0 radical (unpaired) electrons. The van der Waals surface area contributed by atoms with Crippen LogP contribution < -0.4 is 11.1 Å². The van der Waals surface area contributed by atoms with E-state index in [0.29, 0.717) is 19.0 Å². The second-order valence-corrected chi connectivity index (χ2v) is 6.07. The Morgan fingerprint density at radius 3 is 2.81 bits per heavy atom. The molecule has 0 spiro atoms. The van der Waals surface area contributed by atoms with Gasteiger partial charge in [0.05, 0.1) is 0 Å². The van der Waals surface area contributed by atoms with E-state index >= 15 is 0 Å². The normalized spacial score (nSPS) is 16.0. The number of carbonyl (C=O) groups is 1. The van der Waals surface area contributed by atoms with Crippen molar-refractivity contribution in [3.8, 4) is 0 Å². The molecular formula is C17H27N3O. The van der Waals surface area contributed by atoms with E-state index < -0.39 is 0 Å². The number of anilines is 1. The summed E-state index contributed by atoms with van der Waals surface area (Å²) in [5.41, 5.74) is 7.49. The summed E-state index contributed by atoms with van der Waals surface area (Å²) in [7, 11) is 2.16. The second-order valence-electron chi connectivity index (χ2n) is 6.07. The van der Waals surface area contributed by atoms with Gasteiger partial charge in [0.15, 0.2) is 0 Å². The summed E-state index contributed by atoms with van der Waals surface area (Å²) in [6, 6.07) is 8.35.